The molecule has 0 aliphatic carbocycles. The van der Waals surface area contributed by atoms with Gasteiger partial charge in [-0.1, -0.05) is 0 Å². The minimum Gasteiger partial charge on any atom is -0.336 e. The molecule has 1 aliphatic heterocycles. The number of amides is 1. The van der Waals surface area contributed by atoms with Gasteiger partial charge in [0, 0.05) is 29.8 Å². The van der Waals surface area contributed by atoms with Crippen LogP contribution in [0.15, 0.2) is 22.8 Å². The SMILES string of the molecule is N[C@@H]1CCN(C(=O)c2ncccc2Br)C1. The molecule has 1 saturated heterocycles. The van der Waals surface area contributed by atoms with Crippen LogP contribution in [0.25, 0.3) is 0 Å². The van der Waals surface area contributed by atoms with Crippen molar-refractivity contribution in [3.05, 3.63) is 28.5 Å². The fraction of sp³-hybridized carbons (Fsp3) is 0.400. The molecule has 2 rings (SSSR count). The third-order valence-electron chi connectivity index (χ3n) is 2.47. The third-order valence-corrected chi connectivity index (χ3v) is 3.11. The first-order valence-electron chi connectivity index (χ1n) is 4.84. The average Bonchev–Trinajstić information content (AvgIpc) is 2.65. The van der Waals surface area contributed by atoms with Crippen LogP contribution in [0.3, 0.4) is 0 Å². The summed E-state index contributed by atoms with van der Waals surface area (Å²) < 4.78 is 0.732. The Morgan fingerprint density at radius 3 is 3.07 bits per heavy atom. The summed E-state index contributed by atoms with van der Waals surface area (Å²) >= 11 is 3.32. The van der Waals surface area contributed by atoms with Crippen molar-refractivity contribution in [3.8, 4) is 0 Å². The first kappa shape index (κ1) is 10.6. The van der Waals surface area contributed by atoms with Crippen molar-refractivity contribution in [2.45, 2.75) is 12.5 Å². The van der Waals surface area contributed by atoms with Gasteiger partial charge >= 0.3 is 0 Å². The smallest absolute Gasteiger partial charge is 0.273 e. The van der Waals surface area contributed by atoms with E-state index in [9.17, 15) is 4.79 Å². The molecule has 2 N–H and O–H groups in total. The molecular weight excluding hydrogens is 258 g/mol. The van der Waals surface area contributed by atoms with Crippen LogP contribution in [-0.4, -0.2) is 34.9 Å². The summed E-state index contributed by atoms with van der Waals surface area (Å²) in [7, 11) is 0. The van der Waals surface area contributed by atoms with E-state index in [1.807, 2.05) is 6.07 Å². The molecule has 1 atom stereocenters. The zero-order chi connectivity index (χ0) is 10.8. The fourth-order valence-electron chi connectivity index (χ4n) is 1.66. The number of halogens is 1. The number of carbonyl (C=O) groups excluding carboxylic acids is 1. The van der Waals surface area contributed by atoms with Gasteiger partial charge in [0.2, 0.25) is 0 Å². The number of aromatic nitrogens is 1. The van der Waals surface area contributed by atoms with E-state index in [0.29, 0.717) is 12.2 Å². The molecule has 1 aromatic heterocycles. The molecule has 2 heterocycles. The second-order valence-electron chi connectivity index (χ2n) is 3.63. The standard InChI is InChI=1S/C10H12BrN3O/c11-8-2-1-4-13-9(8)10(15)14-5-3-7(12)6-14/h1-2,4,7H,3,5-6,12H2/t7-/m1/s1. The van der Waals surface area contributed by atoms with Crippen LogP contribution in [0.4, 0.5) is 0 Å². The van der Waals surface area contributed by atoms with Crippen LogP contribution in [0.1, 0.15) is 16.9 Å². The predicted molar refractivity (Wildman–Crippen MR) is 60.4 cm³/mol. The van der Waals surface area contributed by atoms with E-state index in [1.165, 1.54) is 0 Å². The van der Waals surface area contributed by atoms with Gasteiger partial charge in [-0.05, 0) is 34.5 Å². The Balaban J connectivity index is 2.18. The lowest BCUT2D eigenvalue weighted by Crippen LogP contribution is -2.32. The van der Waals surface area contributed by atoms with Crippen LogP contribution in [0, 0.1) is 0 Å². The van der Waals surface area contributed by atoms with Gasteiger partial charge in [-0.3, -0.25) is 4.79 Å². The number of carbonyl (C=O) groups is 1. The van der Waals surface area contributed by atoms with Crippen molar-refractivity contribution in [1.29, 1.82) is 0 Å². The second kappa shape index (κ2) is 4.28. The van der Waals surface area contributed by atoms with E-state index in [0.717, 1.165) is 17.4 Å². The largest absolute Gasteiger partial charge is 0.336 e. The van der Waals surface area contributed by atoms with E-state index in [4.69, 9.17) is 5.73 Å². The maximum absolute atomic E-state index is 12.0. The number of likely N-dealkylation sites (tertiary alicyclic amines) is 1. The number of hydrogen-bond donors (Lipinski definition) is 1. The first-order chi connectivity index (χ1) is 7.18. The molecule has 4 nitrogen and oxygen atoms in total. The maximum atomic E-state index is 12.0. The monoisotopic (exact) mass is 269 g/mol. The summed E-state index contributed by atoms with van der Waals surface area (Å²) in [6.07, 6.45) is 2.49. The van der Waals surface area contributed by atoms with Crippen molar-refractivity contribution < 1.29 is 4.79 Å². The third kappa shape index (κ3) is 2.18. The Bertz CT molecular complexity index is 383. The Kier molecular flexibility index (Phi) is 3.02. The lowest BCUT2D eigenvalue weighted by Gasteiger charge is -2.15. The predicted octanol–water partition coefficient (Wildman–Crippen LogP) is 1.02. The lowest BCUT2D eigenvalue weighted by atomic mass is 10.3. The summed E-state index contributed by atoms with van der Waals surface area (Å²) in [5.74, 6) is -0.0459. The van der Waals surface area contributed by atoms with Crippen molar-refractivity contribution in [3.63, 3.8) is 0 Å². The average molecular weight is 270 g/mol. The molecular formula is C10H12BrN3O. The molecule has 0 spiro atoms. The minimum absolute atomic E-state index is 0.0459. The molecule has 0 saturated carbocycles. The highest BCUT2D eigenvalue weighted by Gasteiger charge is 2.26. The quantitative estimate of drug-likeness (QED) is 0.828. The molecule has 1 aromatic rings. The van der Waals surface area contributed by atoms with Crippen LogP contribution in [0.2, 0.25) is 0 Å². The van der Waals surface area contributed by atoms with Gasteiger partial charge in [0.05, 0.1) is 0 Å². The molecule has 5 heteroatoms. The summed E-state index contributed by atoms with van der Waals surface area (Å²) in [5, 5.41) is 0. The Morgan fingerprint density at radius 1 is 1.67 bits per heavy atom. The zero-order valence-corrected chi connectivity index (χ0v) is 9.77. The lowest BCUT2D eigenvalue weighted by molar-refractivity contribution is 0.0784. The molecule has 1 aliphatic rings. The van der Waals surface area contributed by atoms with Gasteiger partial charge in [-0.15, -0.1) is 0 Å². The maximum Gasteiger partial charge on any atom is 0.273 e. The zero-order valence-electron chi connectivity index (χ0n) is 8.19. The van der Waals surface area contributed by atoms with Crippen LogP contribution in [0.5, 0.6) is 0 Å². The molecule has 0 bridgehead atoms. The molecule has 80 valence electrons. The molecule has 0 aromatic carbocycles. The Labute approximate surface area is 96.6 Å². The topological polar surface area (TPSA) is 59.2 Å². The highest BCUT2D eigenvalue weighted by Crippen LogP contribution is 2.17. The minimum atomic E-state index is -0.0459. The molecule has 0 unspecified atom stereocenters. The van der Waals surface area contributed by atoms with Crippen LogP contribution < -0.4 is 5.73 Å². The summed E-state index contributed by atoms with van der Waals surface area (Å²) in [5.41, 5.74) is 6.22. The summed E-state index contributed by atoms with van der Waals surface area (Å²) in [4.78, 5) is 17.8. The Morgan fingerprint density at radius 2 is 2.47 bits per heavy atom. The number of nitrogens with zero attached hydrogens (tertiary/aromatic N) is 2. The van der Waals surface area contributed by atoms with Crippen molar-refractivity contribution in [1.82, 2.24) is 9.88 Å². The number of hydrogen-bond acceptors (Lipinski definition) is 3. The van der Waals surface area contributed by atoms with Gasteiger partial charge in [-0.25, -0.2) is 4.98 Å². The van der Waals surface area contributed by atoms with E-state index < -0.39 is 0 Å². The van der Waals surface area contributed by atoms with Crippen LogP contribution >= 0.6 is 15.9 Å². The van der Waals surface area contributed by atoms with Gasteiger partial charge in [0.1, 0.15) is 5.69 Å². The highest BCUT2D eigenvalue weighted by molar-refractivity contribution is 9.10. The summed E-state index contributed by atoms with van der Waals surface area (Å²) in [6, 6.07) is 3.71. The van der Waals surface area contributed by atoms with E-state index in [1.54, 1.807) is 17.2 Å². The van der Waals surface area contributed by atoms with Crippen molar-refractivity contribution in [2.24, 2.45) is 5.73 Å². The summed E-state index contributed by atoms with van der Waals surface area (Å²) in [6.45, 7) is 1.35. The van der Waals surface area contributed by atoms with Gasteiger partial charge < -0.3 is 10.6 Å². The number of pyridine rings is 1. The molecule has 15 heavy (non-hydrogen) atoms. The number of rotatable bonds is 1. The van der Waals surface area contributed by atoms with Gasteiger partial charge in [0.15, 0.2) is 0 Å². The Hall–Kier alpha value is -0.940. The van der Waals surface area contributed by atoms with Crippen LogP contribution in [-0.2, 0) is 0 Å². The van der Waals surface area contributed by atoms with Gasteiger partial charge in [-0.2, -0.15) is 0 Å². The van der Waals surface area contributed by atoms with E-state index >= 15 is 0 Å². The van der Waals surface area contributed by atoms with Crippen molar-refractivity contribution in [2.75, 3.05) is 13.1 Å². The molecule has 0 radical (unpaired) electrons. The highest BCUT2D eigenvalue weighted by atomic mass is 79.9. The normalized spacial score (nSPS) is 20.7. The van der Waals surface area contributed by atoms with E-state index in [2.05, 4.69) is 20.9 Å². The second-order valence-corrected chi connectivity index (χ2v) is 4.49. The van der Waals surface area contributed by atoms with Gasteiger partial charge in [0.25, 0.3) is 5.91 Å². The fourth-order valence-corrected chi connectivity index (χ4v) is 2.09. The number of nitrogens with two attached hydrogens (primary N) is 1. The molecule has 1 fully saturated rings. The van der Waals surface area contributed by atoms with E-state index in [-0.39, 0.29) is 11.9 Å². The molecule has 1 amide bonds. The first-order valence-corrected chi connectivity index (χ1v) is 5.63. The van der Waals surface area contributed by atoms with Crippen molar-refractivity contribution >= 4 is 21.8 Å².